The van der Waals surface area contributed by atoms with E-state index in [4.69, 9.17) is 19.2 Å². The third kappa shape index (κ3) is 5.06. The molecule has 7 nitrogen and oxygen atoms in total. The number of aromatic nitrogens is 3. The summed E-state index contributed by atoms with van der Waals surface area (Å²) in [4.78, 5) is 7.13. The monoisotopic (exact) mass is 422 g/mol. The minimum atomic E-state index is -0.0221. The number of aryl methyl sites for hydroxylation is 2. The summed E-state index contributed by atoms with van der Waals surface area (Å²) < 4.78 is 18.8. The minimum Gasteiger partial charge on any atom is -0.497 e. The van der Waals surface area contributed by atoms with Gasteiger partial charge in [0.2, 0.25) is 0 Å². The zero-order chi connectivity index (χ0) is 21.8. The summed E-state index contributed by atoms with van der Waals surface area (Å²) in [5.41, 5.74) is 5.51. The van der Waals surface area contributed by atoms with Crippen molar-refractivity contribution < 1.29 is 14.2 Å². The topological polar surface area (TPSA) is 61.6 Å². The van der Waals surface area contributed by atoms with Crippen LogP contribution in [0.25, 0.3) is 0 Å². The lowest BCUT2D eigenvalue weighted by Crippen LogP contribution is -2.38. The second-order valence-corrected chi connectivity index (χ2v) is 7.95. The Kier molecular flexibility index (Phi) is 6.53. The number of ether oxygens (including phenoxy) is 3. The maximum Gasteiger partial charge on any atom is 0.122 e. The van der Waals surface area contributed by atoms with Gasteiger partial charge in [0.15, 0.2) is 0 Å². The molecule has 0 radical (unpaired) electrons. The molecule has 1 aliphatic rings. The standard InChI is InChI=1S/C24H30N4O3/c1-17-20(14-27(2)26-17)15-28-9-10-31-24(16-28)22-7-5-18(13-25-22)11-19-12-21(29-3)6-8-23(19)30-4/h5-8,12-14,24H,9-11,15-16H2,1-4H3/t24-/m1/s1. The number of methoxy groups -OCH3 is 2. The molecule has 164 valence electrons. The van der Waals surface area contributed by atoms with E-state index < -0.39 is 0 Å². The molecule has 0 amide bonds. The van der Waals surface area contributed by atoms with Gasteiger partial charge in [-0.25, -0.2) is 0 Å². The van der Waals surface area contributed by atoms with Crippen molar-refractivity contribution in [2.75, 3.05) is 33.9 Å². The lowest BCUT2D eigenvalue weighted by atomic mass is 10.0. The molecule has 1 saturated heterocycles. The molecule has 31 heavy (non-hydrogen) atoms. The lowest BCUT2D eigenvalue weighted by Gasteiger charge is -2.32. The molecule has 1 aliphatic heterocycles. The van der Waals surface area contributed by atoms with E-state index in [0.29, 0.717) is 6.61 Å². The fourth-order valence-electron chi connectivity index (χ4n) is 4.04. The number of hydrogen-bond acceptors (Lipinski definition) is 6. The highest BCUT2D eigenvalue weighted by Gasteiger charge is 2.24. The molecule has 1 fully saturated rings. The van der Waals surface area contributed by atoms with Crippen LogP contribution in [0.1, 0.15) is 34.2 Å². The average molecular weight is 423 g/mol. The molecule has 0 N–H and O–H groups in total. The number of benzene rings is 1. The van der Waals surface area contributed by atoms with E-state index >= 15 is 0 Å². The summed E-state index contributed by atoms with van der Waals surface area (Å²) in [7, 11) is 5.32. The van der Waals surface area contributed by atoms with Crippen molar-refractivity contribution >= 4 is 0 Å². The molecule has 3 aromatic rings. The Hall–Kier alpha value is -2.90. The third-order valence-electron chi connectivity index (χ3n) is 5.72. The molecule has 4 rings (SSSR count). The number of nitrogens with zero attached hydrogens (tertiary/aromatic N) is 4. The Morgan fingerprint density at radius 3 is 2.68 bits per heavy atom. The largest absolute Gasteiger partial charge is 0.497 e. The Bertz CT molecular complexity index is 1020. The SMILES string of the molecule is COc1ccc(OC)c(Cc2ccc([C@H]3CN(Cc4cn(C)nc4C)CCO3)nc2)c1. The van der Waals surface area contributed by atoms with E-state index in [1.54, 1.807) is 14.2 Å². The van der Waals surface area contributed by atoms with Gasteiger partial charge in [0.1, 0.15) is 17.6 Å². The van der Waals surface area contributed by atoms with Crippen LogP contribution in [0.3, 0.4) is 0 Å². The number of pyridine rings is 1. The quantitative estimate of drug-likeness (QED) is 0.582. The van der Waals surface area contributed by atoms with Crippen LogP contribution in [0, 0.1) is 6.92 Å². The van der Waals surface area contributed by atoms with Crippen molar-refractivity contribution in [2.24, 2.45) is 7.05 Å². The van der Waals surface area contributed by atoms with Crippen LogP contribution >= 0.6 is 0 Å². The average Bonchev–Trinajstić information content (AvgIpc) is 3.10. The van der Waals surface area contributed by atoms with E-state index in [2.05, 4.69) is 35.3 Å². The first-order valence-corrected chi connectivity index (χ1v) is 10.5. The second-order valence-electron chi connectivity index (χ2n) is 7.95. The second kappa shape index (κ2) is 9.49. The lowest BCUT2D eigenvalue weighted by molar-refractivity contribution is -0.0350. The van der Waals surface area contributed by atoms with Crippen molar-refractivity contribution in [3.8, 4) is 11.5 Å². The molecular formula is C24H30N4O3. The fraction of sp³-hybridized carbons (Fsp3) is 0.417. The zero-order valence-electron chi connectivity index (χ0n) is 18.7. The van der Waals surface area contributed by atoms with Gasteiger partial charge in [-0.05, 0) is 36.8 Å². The number of morpholine rings is 1. The molecule has 3 heterocycles. The number of hydrogen-bond donors (Lipinski definition) is 0. The molecule has 1 atom stereocenters. The highest BCUT2D eigenvalue weighted by atomic mass is 16.5. The van der Waals surface area contributed by atoms with Crippen molar-refractivity contribution in [1.82, 2.24) is 19.7 Å². The molecule has 2 aromatic heterocycles. The van der Waals surface area contributed by atoms with Gasteiger partial charge < -0.3 is 14.2 Å². The maximum absolute atomic E-state index is 6.03. The summed E-state index contributed by atoms with van der Waals surface area (Å²) in [6.07, 6.45) is 4.73. The Labute approximate surface area is 183 Å². The highest BCUT2D eigenvalue weighted by Crippen LogP contribution is 2.27. The van der Waals surface area contributed by atoms with E-state index in [-0.39, 0.29) is 6.10 Å². The molecule has 1 aromatic carbocycles. The minimum absolute atomic E-state index is 0.0221. The smallest absolute Gasteiger partial charge is 0.122 e. The van der Waals surface area contributed by atoms with Crippen molar-refractivity contribution in [3.05, 3.63) is 70.8 Å². The third-order valence-corrected chi connectivity index (χ3v) is 5.72. The van der Waals surface area contributed by atoms with Gasteiger partial charge >= 0.3 is 0 Å². The van der Waals surface area contributed by atoms with Crippen LogP contribution < -0.4 is 9.47 Å². The van der Waals surface area contributed by atoms with E-state index in [9.17, 15) is 0 Å². The molecule has 0 bridgehead atoms. The van der Waals surface area contributed by atoms with Crippen LogP contribution in [0.4, 0.5) is 0 Å². The molecule has 7 heteroatoms. The van der Waals surface area contributed by atoms with Crippen LogP contribution in [-0.4, -0.2) is 53.6 Å². The van der Waals surface area contributed by atoms with E-state index in [1.807, 2.05) is 36.1 Å². The summed E-state index contributed by atoms with van der Waals surface area (Å²) in [6.45, 7) is 5.38. The summed E-state index contributed by atoms with van der Waals surface area (Å²) in [5.74, 6) is 1.67. The van der Waals surface area contributed by atoms with Gasteiger partial charge in [0.05, 0.1) is 32.2 Å². The van der Waals surface area contributed by atoms with Crippen LogP contribution in [0.15, 0.2) is 42.7 Å². The van der Waals surface area contributed by atoms with Gasteiger partial charge in [0.25, 0.3) is 0 Å². The first-order chi connectivity index (χ1) is 15.1. The normalized spacial score (nSPS) is 17.0. The fourth-order valence-corrected chi connectivity index (χ4v) is 4.04. The molecule has 0 aliphatic carbocycles. The van der Waals surface area contributed by atoms with Gasteiger partial charge in [-0.3, -0.25) is 14.6 Å². The Balaban J connectivity index is 1.42. The summed E-state index contributed by atoms with van der Waals surface area (Å²) in [6, 6.07) is 10.0. The predicted molar refractivity (Wildman–Crippen MR) is 119 cm³/mol. The molecule has 0 spiro atoms. The Morgan fingerprint density at radius 2 is 2.00 bits per heavy atom. The molecule has 0 unspecified atom stereocenters. The van der Waals surface area contributed by atoms with Crippen molar-refractivity contribution in [3.63, 3.8) is 0 Å². The summed E-state index contributed by atoms with van der Waals surface area (Å²) >= 11 is 0. The first kappa shape index (κ1) is 21.3. The van der Waals surface area contributed by atoms with Gasteiger partial charge in [0, 0.05) is 56.6 Å². The van der Waals surface area contributed by atoms with Gasteiger partial charge in [-0.1, -0.05) is 6.07 Å². The predicted octanol–water partition coefficient (Wildman–Crippen LogP) is 3.31. The Morgan fingerprint density at radius 1 is 1.13 bits per heavy atom. The van der Waals surface area contributed by atoms with Gasteiger partial charge in [-0.15, -0.1) is 0 Å². The molecular weight excluding hydrogens is 392 g/mol. The van der Waals surface area contributed by atoms with E-state index in [1.165, 1.54) is 5.56 Å². The summed E-state index contributed by atoms with van der Waals surface area (Å²) in [5, 5.41) is 4.45. The van der Waals surface area contributed by atoms with E-state index in [0.717, 1.165) is 60.1 Å². The maximum atomic E-state index is 6.03. The van der Waals surface area contributed by atoms with Crippen molar-refractivity contribution in [1.29, 1.82) is 0 Å². The van der Waals surface area contributed by atoms with Crippen LogP contribution in [0.2, 0.25) is 0 Å². The first-order valence-electron chi connectivity index (χ1n) is 10.5. The van der Waals surface area contributed by atoms with Crippen LogP contribution in [0.5, 0.6) is 11.5 Å². The highest BCUT2D eigenvalue weighted by molar-refractivity contribution is 5.42. The molecule has 0 saturated carbocycles. The van der Waals surface area contributed by atoms with Crippen molar-refractivity contribution in [2.45, 2.75) is 26.0 Å². The van der Waals surface area contributed by atoms with Gasteiger partial charge in [-0.2, -0.15) is 5.10 Å². The zero-order valence-corrected chi connectivity index (χ0v) is 18.7. The number of rotatable bonds is 7. The van der Waals surface area contributed by atoms with Crippen LogP contribution in [-0.2, 0) is 24.8 Å².